The van der Waals surface area contributed by atoms with Crippen LogP contribution in [0.3, 0.4) is 0 Å². The number of alkyl halides is 3. The summed E-state index contributed by atoms with van der Waals surface area (Å²) in [6.45, 7) is 2.46. The molecule has 1 unspecified atom stereocenters. The molecule has 4 N–H and O–H groups in total. The van der Waals surface area contributed by atoms with Gasteiger partial charge < -0.3 is 20.9 Å². The number of carboxylic acid groups (broad SMARTS) is 1. The highest BCUT2D eigenvalue weighted by Gasteiger charge is 2.50. The Labute approximate surface area is 107 Å². The number of hydrogen-bond acceptors (Lipinski definition) is 4. The monoisotopic (exact) mass is 284 g/mol. The molecule has 110 valence electrons. The summed E-state index contributed by atoms with van der Waals surface area (Å²) in [4.78, 5) is 19.9. The highest BCUT2D eigenvalue weighted by Crippen LogP contribution is 2.39. The third-order valence-corrected chi connectivity index (χ3v) is 3.29. The SMILES string of the molecule is NC(=O)C1NCC12CCOCC2.O=C(O)C(F)(F)F. The van der Waals surface area contributed by atoms with Crippen molar-refractivity contribution in [1.82, 2.24) is 5.32 Å². The summed E-state index contributed by atoms with van der Waals surface area (Å²) in [6, 6.07) is -0.110. The van der Waals surface area contributed by atoms with E-state index in [1.54, 1.807) is 0 Å². The summed E-state index contributed by atoms with van der Waals surface area (Å²) < 4.78 is 37.0. The van der Waals surface area contributed by atoms with E-state index in [9.17, 15) is 18.0 Å². The number of halogens is 3. The smallest absolute Gasteiger partial charge is 0.475 e. The Balaban J connectivity index is 0.000000224. The number of amides is 1. The second kappa shape index (κ2) is 5.74. The topological polar surface area (TPSA) is 102 Å². The van der Waals surface area contributed by atoms with Crippen LogP contribution < -0.4 is 11.1 Å². The van der Waals surface area contributed by atoms with Gasteiger partial charge in [0.2, 0.25) is 5.91 Å². The summed E-state index contributed by atoms with van der Waals surface area (Å²) >= 11 is 0. The van der Waals surface area contributed by atoms with Crippen molar-refractivity contribution in [3.63, 3.8) is 0 Å². The lowest BCUT2D eigenvalue weighted by Gasteiger charge is -2.50. The molecule has 0 aromatic carbocycles. The van der Waals surface area contributed by atoms with E-state index >= 15 is 0 Å². The zero-order chi connectivity index (χ0) is 14.7. The second-order valence-electron chi connectivity index (χ2n) is 4.49. The normalized spacial score (nSPS) is 24.9. The molecule has 0 aliphatic carbocycles. The average Bonchev–Trinajstić information content (AvgIpc) is 2.27. The van der Waals surface area contributed by atoms with E-state index in [0.717, 1.165) is 32.6 Å². The van der Waals surface area contributed by atoms with Gasteiger partial charge in [0.05, 0.1) is 6.04 Å². The van der Waals surface area contributed by atoms with Crippen LogP contribution in [0.15, 0.2) is 0 Å². The van der Waals surface area contributed by atoms with Gasteiger partial charge in [-0.2, -0.15) is 13.2 Å². The fourth-order valence-electron chi connectivity index (χ4n) is 2.14. The number of rotatable bonds is 1. The lowest BCUT2D eigenvalue weighted by atomic mass is 9.68. The zero-order valence-corrected chi connectivity index (χ0v) is 10.00. The van der Waals surface area contributed by atoms with E-state index in [-0.39, 0.29) is 17.4 Å². The molecule has 6 nitrogen and oxygen atoms in total. The number of aliphatic carboxylic acids is 1. The molecule has 0 radical (unpaired) electrons. The van der Waals surface area contributed by atoms with Gasteiger partial charge in [0.15, 0.2) is 0 Å². The highest BCUT2D eigenvalue weighted by atomic mass is 19.4. The molecule has 1 amide bonds. The Kier molecular flexibility index (Phi) is 4.75. The van der Waals surface area contributed by atoms with E-state index in [1.165, 1.54) is 0 Å². The standard InChI is InChI=1S/C8H14N2O2.C2HF3O2/c9-7(11)6-8(5-10-6)1-3-12-4-2-8;3-2(4,5)1(6)7/h6,10H,1-5H2,(H2,9,11);(H,6,7). The van der Waals surface area contributed by atoms with Crippen LogP contribution in [-0.4, -0.2) is 49.0 Å². The van der Waals surface area contributed by atoms with E-state index in [0.29, 0.717) is 0 Å². The van der Waals surface area contributed by atoms with Gasteiger partial charge in [0.25, 0.3) is 0 Å². The first-order valence-corrected chi connectivity index (χ1v) is 5.60. The van der Waals surface area contributed by atoms with Crippen LogP contribution in [0.4, 0.5) is 13.2 Å². The van der Waals surface area contributed by atoms with Crippen molar-refractivity contribution in [3.8, 4) is 0 Å². The van der Waals surface area contributed by atoms with Crippen molar-refractivity contribution < 1.29 is 32.6 Å². The van der Waals surface area contributed by atoms with E-state index in [4.69, 9.17) is 20.4 Å². The molecule has 2 aliphatic rings. The predicted molar refractivity (Wildman–Crippen MR) is 57.2 cm³/mol. The second-order valence-corrected chi connectivity index (χ2v) is 4.49. The van der Waals surface area contributed by atoms with Crippen LogP contribution in [0.2, 0.25) is 0 Å². The predicted octanol–water partition coefficient (Wildman–Crippen LogP) is -0.126. The molecule has 19 heavy (non-hydrogen) atoms. The summed E-state index contributed by atoms with van der Waals surface area (Å²) in [6.07, 6.45) is -3.15. The highest BCUT2D eigenvalue weighted by molar-refractivity contribution is 5.82. The number of carboxylic acids is 1. The first-order chi connectivity index (χ1) is 8.69. The van der Waals surface area contributed by atoms with Gasteiger partial charge in [-0.05, 0) is 12.8 Å². The molecule has 0 bridgehead atoms. The molecule has 1 atom stereocenters. The Bertz CT molecular complexity index is 353. The third-order valence-electron chi connectivity index (χ3n) is 3.29. The summed E-state index contributed by atoms with van der Waals surface area (Å²) in [5.74, 6) is -2.98. The quantitative estimate of drug-likeness (QED) is 0.623. The largest absolute Gasteiger partial charge is 0.490 e. The molecular weight excluding hydrogens is 269 g/mol. The van der Waals surface area contributed by atoms with Crippen LogP contribution in [0.25, 0.3) is 0 Å². The number of nitrogens with one attached hydrogen (secondary N) is 1. The van der Waals surface area contributed by atoms with E-state index in [2.05, 4.69) is 5.32 Å². The van der Waals surface area contributed by atoms with Crippen molar-refractivity contribution in [2.75, 3.05) is 19.8 Å². The Morgan fingerprint density at radius 1 is 1.32 bits per heavy atom. The maximum absolute atomic E-state index is 11.0. The Hall–Kier alpha value is -1.35. The molecule has 2 saturated heterocycles. The minimum absolute atomic E-state index is 0.110. The molecule has 2 aliphatic heterocycles. The molecular formula is C10H15F3N2O4. The lowest BCUT2D eigenvalue weighted by Crippen LogP contribution is -2.68. The van der Waals surface area contributed by atoms with E-state index in [1.807, 2.05) is 0 Å². The van der Waals surface area contributed by atoms with Crippen molar-refractivity contribution in [1.29, 1.82) is 0 Å². The minimum Gasteiger partial charge on any atom is -0.475 e. The summed E-state index contributed by atoms with van der Waals surface area (Å²) in [5, 5.41) is 10.2. The fraction of sp³-hybridized carbons (Fsp3) is 0.800. The van der Waals surface area contributed by atoms with Gasteiger partial charge in [0, 0.05) is 25.2 Å². The van der Waals surface area contributed by atoms with Gasteiger partial charge in [-0.3, -0.25) is 4.79 Å². The van der Waals surface area contributed by atoms with Crippen LogP contribution >= 0.6 is 0 Å². The molecule has 2 heterocycles. The van der Waals surface area contributed by atoms with Crippen LogP contribution in [0.1, 0.15) is 12.8 Å². The van der Waals surface area contributed by atoms with Gasteiger partial charge in [0.1, 0.15) is 0 Å². The maximum atomic E-state index is 11.0. The van der Waals surface area contributed by atoms with Crippen molar-refractivity contribution in [3.05, 3.63) is 0 Å². The van der Waals surface area contributed by atoms with Crippen molar-refractivity contribution in [2.24, 2.45) is 11.1 Å². The number of primary amides is 1. The third kappa shape index (κ3) is 3.80. The Morgan fingerprint density at radius 2 is 1.79 bits per heavy atom. The van der Waals surface area contributed by atoms with Crippen LogP contribution in [-0.2, 0) is 14.3 Å². The number of ether oxygens (including phenoxy) is 1. The number of carbonyl (C=O) groups is 2. The van der Waals surface area contributed by atoms with Crippen molar-refractivity contribution >= 4 is 11.9 Å². The van der Waals surface area contributed by atoms with Crippen molar-refractivity contribution in [2.45, 2.75) is 25.1 Å². The van der Waals surface area contributed by atoms with Gasteiger partial charge in [-0.25, -0.2) is 4.79 Å². The van der Waals surface area contributed by atoms with Crippen LogP contribution in [0.5, 0.6) is 0 Å². The average molecular weight is 284 g/mol. The molecule has 9 heteroatoms. The summed E-state index contributed by atoms with van der Waals surface area (Å²) in [5.41, 5.74) is 5.39. The van der Waals surface area contributed by atoms with Gasteiger partial charge >= 0.3 is 12.1 Å². The minimum atomic E-state index is -5.08. The molecule has 1 spiro atoms. The fourth-order valence-corrected chi connectivity index (χ4v) is 2.14. The maximum Gasteiger partial charge on any atom is 0.490 e. The molecule has 2 rings (SSSR count). The Morgan fingerprint density at radius 3 is 2.05 bits per heavy atom. The number of hydrogen-bond donors (Lipinski definition) is 3. The molecule has 0 aromatic heterocycles. The lowest BCUT2D eigenvalue weighted by molar-refractivity contribution is -0.192. The van der Waals surface area contributed by atoms with Gasteiger partial charge in [-0.1, -0.05) is 0 Å². The first-order valence-electron chi connectivity index (χ1n) is 5.60. The van der Waals surface area contributed by atoms with Gasteiger partial charge in [-0.15, -0.1) is 0 Å². The number of nitrogens with two attached hydrogens (primary N) is 1. The molecule has 2 fully saturated rings. The first kappa shape index (κ1) is 15.7. The molecule has 0 aromatic rings. The van der Waals surface area contributed by atoms with Crippen LogP contribution in [0, 0.1) is 5.41 Å². The zero-order valence-electron chi connectivity index (χ0n) is 10.00. The summed E-state index contributed by atoms with van der Waals surface area (Å²) in [7, 11) is 0. The molecule has 0 saturated carbocycles. The number of carbonyl (C=O) groups excluding carboxylic acids is 1. The van der Waals surface area contributed by atoms with E-state index < -0.39 is 12.1 Å².